The maximum Gasteiger partial charge on any atom is 0.252 e. The lowest BCUT2D eigenvalue weighted by molar-refractivity contribution is 0.0947. The molecule has 0 fully saturated rings. The molecule has 0 aliphatic rings. The summed E-state index contributed by atoms with van der Waals surface area (Å²) in [6.45, 7) is 3.39. The van der Waals surface area contributed by atoms with Gasteiger partial charge in [-0.25, -0.2) is 4.39 Å². The van der Waals surface area contributed by atoms with Crippen LogP contribution in [-0.4, -0.2) is 31.0 Å². The molecule has 88 valence electrons. The Hall–Kier alpha value is -1.49. The molecule has 1 unspecified atom stereocenters. The smallest absolute Gasteiger partial charge is 0.252 e. The van der Waals surface area contributed by atoms with Crippen LogP contribution in [0.1, 0.15) is 17.3 Å². The van der Waals surface area contributed by atoms with Gasteiger partial charge in [-0.1, -0.05) is 6.92 Å². The molecule has 4 nitrogen and oxygen atoms in total. The first-order valence-electron chi connectivity index (χ1n) is 5.17. The number of nitrogens with one attached hydrogen (secondary N) is 2. The molecule has 0 aliphatic carbocycles. The summed E-state index contributed by atoms with van der Waals surface area (Å²) in [6.07, 6.45) is 2.42. The third-order valence-electron chi connectivity index (χ3n) is 2.13. The Kier molecular flexibility index (Phi) is 4.85. The van der Waals surface area contributed by atoms with E-state index in [1.807, 2.05) is 14.0 Å². The van der Waals surface area contributed by atoms with Gasteiger partial charge in [0.15, 0.2) is 0 Å². The van der Waals surface area contributed by atoms with E-state index in [4.69, 9.17) is 0 Å². The summed E-state index contributed by atoms with van der Waals surface area (Å²) in [6, 6.07) is 1.17. The van der Waals surface area contributed by atoms with Gasteiger partial charge in [-0.3, -0.25) is 9.78 Å². The number of aromatic nitrogens is 1. The third-order valence-corrected chi connectivity index (χ3v) is 2.13. The number of halogens is 1. The predicted octanol–water partition coefficient (Wildman–Crippen LogP) is 0.806. The standard InChI is InChI=1S/C11H16FN3O/c1-8(4-13-2)5-15-11(16)9-3-10(12)7-14-6-9/h3,6-8,13H,4-5H2,1-2H3,(H,15,16). The molecule has 1 amide bonds. The molecule has 1 aromatic rings. The van der Waals surface area contributed by atoms with Crippen molar-refractivity contribution in [3.63, 3.8) is 0 Å². The van der Waals surface area contributed by atoms with E-state index in [9.17, 15) is 9.18 Å². The highest BCUT2D eigenvalue weighted by Crippen LogP contribution is 2.00. The highest BCUT2D eigenvalue weighted by molar-refractivity contribution is 5.93. The molecule has 5 heteroatoms. The van der Waals surface area contributed by atoms with E-state index in [1.54, 1.807) is 0 Å². The van der Waals surface area contributed by atoms with Gasteiger partial charge in [0.1, 0.15) is 5.82 Å². The van der Waals surface area contributed by atoms with E-state index in [0.717, 1.165) is 12.7 Å². The SMILES string of the molecule is CNCC(C)CNC(=O)c1cncc(F)c1. The summed E-state index contributed by atoms with van der Waals surface area (Å²) < 4.78 is 12.8. The molecular weight excluding hydrogens is 209 g/mol. The zero-order valence-electron chi connectivity index (χ0n) is 9.46. The van der Waals surface area contributed by atoms with Gasteiger partial charge >= 0.3 is 0 Å². The molecule has 0 saturated heterocycles. The van der Waals surface area contributed by atoms with Crippen molar-refractivity contribution in [2.24, 2.45) is 5.92 Å². The van der Waals surface area contributed by atoms with Gasteiger partial charge in [-0.05, 0) is 25.6 Å². The fraction of sp³-hybridized carbons (Fsp3) is 0.455. The average molecular weight is 225 g/mol. The third kappa shape index (κ3) is 3.94. The Morgan fingerprint density at radius 2 is 2.25 bits per heavy atom. The first-order valence-corrected chi connectivity index (χ1v) is 5.17. The van der Waals surface area contributed by atoms with Gasteiger partial charge in [-0.2, -0.15) is 0 Å². The monoisotopic (exact) mass is 225 g/mol. The second-order valence-electron chi connectivity index (χ2n) is 3.76. The number of amides is 1. The van der Waals surface area contributed by atoms with Gasteiger partial charge in [-0.15, -0.1) is 0 Å². The van der Waals surface area contributed by atoms with Crippen molar-refractivity contribution in [2.75, 3.05) is 20.1 Å². The van der Waals surface area contributed by atoms with Crippen LogP contribution in [0.25, 0.3) is 0 Å². The first kappa shape index (κ1) is 12.6. The van der Waals surface area contributed by atoms with E-state index >= 15 is 0 Å². The number of nitrogens with zero attached hydrogens (tertiary/aromatic N) is 1. The maximum absolute atomic E-state index is 12.8. The summed E-state index contributed by atoms with van der Waals surface area (Å²) in [5.41, 5.74) is 0.247. The zero-order chi connectivity index (χ0) is 12.0. The van der Waals surface area contributed by atoms with Gasteiger partial charge < -0.3 is 10.6 Å². The van der Waals surface area contributed by atoms with Crippen LogP contribution in [0.15, 0.2) is 18.5 Å². The molecule has 1 heterocycles. The highest BCUT2D eigenvalue weighted by Gasteiger charge is 2.08. The number of carbonyl (C=O) groups is 1. The predicted molar refractivity (Wildman–Crippen MR) is 59.6 cm³/mol. The summed E-state index contributed by atoms with van der Waals surface area (Å²) in [7, 11) is 1.86. The van der Waals surface area contributed by atoms with Crippen molar-refractivity contribution >= 4 is 5.91 Å². The van der Waals surface area contributed by atoms with Crippen LogP contribution in [0.2, 0.25) is 0 Å². The van der Waals surface area contributed by atoms with Gasteiger partial charge in [0.25, 0.3) is 5.91 Å². The molecular formula is C11H16FN3O. The Balaban J connectivity index is 2.47. The fourth-order valence-corrected chi connectivity index (χ4v) is 1.33. The van der Waals surface area contributed by atoms with E-state index in [0.29, 0.717) is 12.5 Å². The second kappa shape index (κ2) is 6.17. The van der Waals surface area contributed by atoms with E-state index in [1.165, 1.54) is 12.3 Å². The van der Waals surface area contributed by atoms with Crippen LogP contribution >= 0.6 is 0 Å². The molecule has 1 rings (SSSR count). The van der Waals surface area contributed by atoms with Crippen LogP contribution in [-0.2, 0) is 0 Å². The molecule has 1 aromatic heterocycles. The number of carbonyl (C=O) groups excluding carboxylic acids is 1. The number of hydrogen-bond acceptors (Lipinski definition) is 3. The van der Waals surface area contributed by atoms with Crippen molar-refractivity contribution in [1.29, 1.82) is 0 Å². The lowest BCUT2D eigenvalue weighted by atomic mass is 10.1. The van der Waals surface area contributed by atoms with Gasteiger partial charge in [0.2, 0.25) is 0 Å². The number of pyridine rings is 1. The van der Waals surface area contributed by atoms with Crippen LogP contribution in [0.4, 0.5) is 4.39 Å². The van der Waals surface area contributed by atoms with Crippen molar-refractivity contribution in [3.8, 4) is 0 Å². The molecule has 0 aliphatic heterocycles. The summed E-state index contributed by atoms with van der Waals surface area (Å²) >= 11 is 0. The van der Waals surface area contributed by atoms with Crippen LogP contribution in [0, 0.1) is 11.7 Å². The van der Waals surface area contributed by atoms with Crippen LogP contribution in [0.3, 0.4) is 0 Å². The minimum Gasteiger partial charge on any atom is -0.352 e. The van der Waals surface area contributed by atoms with Crippen molar-refractivity contribution in [1.82, 2.24) is 15.6 Å². The Bertz CT molecular complexity index is 357. The summed E-state index contributed by atoms with van der Waals surface area (Å²) in [4.78, 5) is 15.2. The van der Waals surface area contributed by atoms with Crippen molar-refractivity contribution in [2.45, 2.75) is 6.92 Å². The van der Waals surface area contributed by atoms with Crippen molar-refractivity contribution < 1.29 is 9.18 Å². The van der Waals surface area contributed by atoms with Crippen molar-refractivity contribution in [3.05, 3.63) is 29.8 Å². The van der Waals surface area contributed by atoms with E-state index < -0.39 is 5.82 Å². The summed E-state index contributed by atoms with van der Waals surface area (Å²) in [5, 5.41) is 5.74. The Labute approximate surface area is 94.3 Å². The highest BCUT2D eigenvalue weighted by atomic mass is 19.1. The minimum absolute atomic E-state index is 0.247. The maximum atomic E-state index is 12.8. The number of hydrogen-bond donors (Lipinski definition) is 2. The number of rotatable bonds is 5. The molecule has 1 atom stereocenters. The molecule has 0 aromatic carbocycles. The second-order valence-corrected chi connectivity index (χ2v) is 3.76. The lowest BCUT2D eigenvalue weighted by Gasteiger charge is -2.11. The first-order chi connectivity index (χ1) is 7.63. The molecule has 0 saturated carbocycles. The average Bonchev–Trinajstić information content (AvgIpc) is 2.26. The molecule has 0 bridgehead atoms. The molecule has 16 heavy (non-hydrogen) atoms. The molecule has 2 N–H and O–H groups in total. The quantitative estimate of drug-likeness (QED) is 0.779. The largest absolute Gasteiger partial charge is 0.352 e. The minimum atomic E-state index is -0.504. The fourth-order valence-electron chi connectivity index (χ4n) is 1.33. The van der Waals surface area contributed by atoms with E-state index in [2.05, 4.69) is 15.6 Å². The summed E-state index contributed by atoms with van der Waals surface area (Å²) in [5.74, 6) is -0.471. The van der Waals surface area contributed by atoms with E-state index in [-0.39, 0.29) is 11.5 Å². The van der Waals surface area contributed by atoms with Crippen LogP contribution in [0.5, 0.6) is 0 Å². The normalized spacial score (nSPS) is 12.2. The topological polar surface area (TPSA) is 54.0 Å². The Morgan fingerprint density at radius 3 is 2.88 bits per heavy atom. The molecule has 0 spiro atoms. The van der Waals surface area contributed by atoms with Gasteiger partial charge in [0.05, 0.1) is 11.8 Å². The molecule has 0 radical (unpaired) electrons. The van der Waals surface area contributed by atoms with Crippen LogP contribution < -0.4 is 10.6 Å². The van der Waals surface area contributed by atoms with Gasteiger partial charge in [0, 0.05) is 12.7 Å². The Morgan fingerprint density at radius 1 is 1.50 bits per heavy atom. The zero-order valence-corrected chi connectivity index (χ0v) is 9.46. The lowest BCUT2D eigenvalue weighted by Crippen LogP contribution is -2.32.